The number of thioether (sulfide) groups is 1. The molecule has 2 rings (SSSR count). The molecule has 1 atom stereocenters. The summed E-state index contributed by atoms with van der Waals surface area (Å²) in [5.41, 5.74) is 6.31. The van der Waals surface area contributed by atoms with Crippen LogP contribution in [0.15, 0.2) is 23.4 Å². The van der Waals surface area contributed by atoms with Crippen LogP contribution in [0.3, 0.4) is 0 Å². The molecule has 0 aliphatic carbocycles. The summed E-state index contributed by atoms with van der Waals surface area (Å²) in [6, 6.07) is 3.84. The van der Waals surface area contributed by atoms with Gasteiger partial charge in [-0.05, 0) is 18.7 Å². The van der Waals surface area contributed by atoms with Crippen molar-refractivity contribution in [3.05, 3.63) is 18.3 Å². The Morgan fingerprint density at radius 1 is 1.59 bits per heavy atom. The molecule has 1 unspecified atom stereocenters. The first-order valence-electron chi connectivity index (χ1n) is 5.96. The van der Waals surface area contributed by atoms with Gasteiger partial charge in [0.1, 0.15) is 0 Å². The third-order valence-electron chi connectivity index (χ3n) is 2.85. The first kappa shape index (κ1) is 12.7. The summed E-state index contributed by atoms with van der Waals surface area (Å²) in [7, 11) is 0. The molecule has 0 saturated carbocycles. The maximum atomic E-state index is 5.74. The zero-order chi connectivity index (χ0) is 12.1. The minimum atomic E-state index is 0.313. The Bertz CT molecular complexity index is 344. The molecule has 94 valence electrons. The number of pyridine rings is 1. The van der Waals surface area contributed by atoms with E-state index >= 15 is 0 Å². The van der Waals surface area contributed by atoms with E-state index in [2.05, 4.69) is 16.8 Å². The molecule has 0 radical (unpaired) electrons. The minimum Gasteiger partial charge on any atom is -0.397 e. The second kappa shape index (κ2) is 6.23. The lowest BCUT2D eigenvalue weighted by Gasteiger charge is -2.31. The lowest BCUT2D eigenvalue weighted by molar-refractivity contribution is -0.0137. The summed E-state index contributed by atoms with van der Waals surface area (Å²) < 4.78 is 5.74. The van der Waals surface area contributed by atoms with Crippen LogP contribution in [-0.4, -0.2) is 48.0 Å². The summed E-state index contributed by atoms with van der Waals surface area (Å²) in [5.74, 6) is 0.952. The molecular weight excluding hydrogens is 234 g/mol. The van der Waals surface area contributed by atoms with E-state index in [1.165, 1.54) is 0 Å². The van der Waals surface area contributed by atoms with Crippen LogP contribution in [0.5, 0.6) is 0 Å². The number of likely N-dealkylation sites (N-methyl/N-ethyl adjacent to an activating group) is 1. The van der Waals surface area contributed by atoms with Gasteiger partial charge in [0, 0.05) is 18.8 Å². The highest BCUT2D eigenvalue weighted by Crippen LogP contribution is 2.19. The molecule has 1 aliphatic heterocycles. The second-order valence-electron chi connectivity index (χ2n) is 4.13. The topological polar surface area (TPSA) is 51.4 Å². The van der Waals surface area contributed by atoms with Gasteiger partial charge in [0.2, 0.25) is 0 Å². The number of nitrogen functional groups attached to an aromatic ring is 1. The van der Waals surface area contributed by atoms with Crippen molar-refractivity contribution in [3.63, 3.8) is 0 Å². The Morgan fingerprint density at radius 2 is 2.47 bits per heavy atom. The van der Waals surface area contributed by atoms with Gasteiger partial charge in [-0.25, -0.2) is 4.98 Å². The van der Waals surface area contributed by atoms with Crippen LogP contribution in [0, 0.1) is 0 Å². The molecule has 0 spiro atoms. The maximum absolute atomic E-state index is 5.74. The average Bonchev–Trinajstić information content (AvgIpc) is 2.38. The van der Waals surface area contributed by atoms with Crippen molar-refractivity contribution in [2.45, 2.75) is 18.1 Å². The highest BCUT2D eigenvalue weighted by Gasteiger charge is 2.19. The molecule has 4 nitrogen and oxygen atoms in total. The minimum absolute atomic E-state index is 0.313. The van der Waals surface area contributed by atoms with Gasteiger partial charge in [0.05, 0.1) is 29.6 Å². The molecular formula is C12H19N3OS. The van der Waals surface area contributed by atoms with E-state index in [4.69, 9.17) is 10.5 Å². The number of aromatic nitrogens is 1. The number of rotatable bonds is 4. The van der Waals surface area contributed by atoms with Gasteiger partial charge in [-0.1, -0.05) is 6.92 Å². The predicted molar refractivity (Wildman–Crippen MR) is 71.2 cm³/mol. The Hall–Kier alpha value is -0.780. The average molecular weight is 253 g/mol. The lowest BCUT2D eigenvalue weighted by Crippen LogP contribution is -2.43. The summed E-state index contributed by atoms with van der Waals surface area (Å²) in [6.07, 6.45) is 2.01. The number of ether oxygens (including phenoxy) is 1. The van der Waals surface area contributed by atoms with Crippen molar-refractivity contribution < 1.29 is 4.74 Å². The molecule has 1 aliphatic rings. The lowest BCUT2D eigenvalue weighted by atomic mass is 10.3. The van der Waals surface area contributed by atoms with Crippen molar-refractivity contribution in [1.82, 2.24) is 9.88 Å². The zero-order valence-electron chi connectivity index (χ0n) is 10.1. The van der Waals surface area contributed by atoms with E-state index in [1.807, 2.05) is 12.1 Å². The summed E-state index contributed by atoms with van der Waals surface area (Å²) in [5, 5.41) is 1.01. The number of hydrogen-bond acceptors (Lipinski definition) is 5. The van der Waals surface area contributed by atoms with Crippen molar-refractivity contribution in [3.8, 4) is 0 Å². The number of nitrogens with zero attached hydrogens (tertiary/aromatic N) is 2. The predicted octanol–water partition coefficient (Wildman–Crippen LogP) is 1.48. The second-order valence-corrected chi connectivity index (χ2v) is 5.17. The number of morpholine rings is 1. The fraction of sp³-hybridized carbons (Fsp3) is 0.583. The van der Waals surface area contributed by atoms with Gasteiger partial charge >= 0.3 is 0 Å². The molecule has 0 aromatic carbocycles. The molecule has 5 heteroatoms. The Kier molecular flexibility index (Phi) is 4.65. The quantitative estimate of drug-likeness (QED) is 0.824. The Labute approximate surface area is 107 Å². The maximum Gasteiger partial charge on any atom is 0.0962 e. The molecule has 1 fully saturated rings. The fourth-order valence-corrected chi connectivity index (χ4v) is 2.67. The Balaban J connectivity index is 1.79. The van der Waals surface area contributed by atoms with Gasteiger partial charge < -0.3 is 10.5 Å². The van der Waals surface area contributed by atoms with Crippen molar-refractivity contribution in [1.29, 1.82) is 0 Å². The fourth-order valence-electron chi connectivity index (χ4n) is 1.82. The molecule has 1 aromatic heterocycles. The summed E-state index contributed by atoms with van der Waals surface area (Å²) >= 11 is 1.73. The standard InChI is InChI=1S/C12H19N3OS/c1-2-15-5-6-16-11(8-15)9-17-12-4-3-10(13)7-14-12/h3-4,7,11H,2,5-6,8-9,13H2,1H3. The van der Waals surface area contributed by atoms with Crippen molar-refractivity contribution in [2.75, 3.05) is 37.7 Å². The molecule has 1 aromatic rings. The number of anilines is 1. The summed E-state index contributed by atoms with van der Waals surface area (Å²) in [6.45, 7) is 6.21. The van der Waals surface area contributed by atoms with Gasteiger partial charge in [0.15, 0.2) is 0 Å². The first-order valence-corrected chi connectivity index (χ1v) is 6.94. The summed E-state index contributed by atoms with van der Waals surface area (Å²) in [4.78, 5) is 6.69. The van der Waals surface area contributed by atoms with E-state index in [0.717, 1.165) is 37.0 Å². The molecule has 1 saturated heterocycles. The van der Waals surface area contributed by atoms with Crippen LogP contribution in [0.2, 0.25) is 0 Å². The molecule has 0 bridgehead atoms. The number of hydrogen-bond donors (Lipinski definition) is 1. The molecule has 2 heterocycles. The number of nitrogens with two attached hydrogens (primary N) is 1. The van der Waals surface area contributed by atoms with Crippen LogP contribution >= 0.6 is 11.8 Å². The molecule has 2 N–H and O–H groups in total. The van der Waals surface area contributed by atoms with Crippen molar-refractivity contribution >= 4 is 17.4 Å². The molecule has 0 amide bonds. The van der Waals surface area contributed by atoms with E-state index in [9.17, 15) is 0 Å². The van der Waals surface area contributed by atoms with Crippen LogP contribution in [0.4, 0.5) is 5.69 Å². The smallest absolute Gasteiger partial charge is 0.0962 e. The van der Waals surface area contributed by atoms with E-state index in [1.54, 1.807) is 18.0 Å². The van der Waals surface area contributed by atoms with Crippen LogP contribution < -0.4 is 5.73 Å². The Morgan fingerprint density at radius 3 is 3.18 bits per heavy atom. The van der Waals surface area contributed by atoms with E-state index in [0.29, 0.717) is 11.8 Å². The molecule has 17 heavy (non-hydrogen) atoms. The third kappa shape index (κ3) is 3.87. The van der Waals surface area contributed by atoms with Crippen LogP contribution in [0.1, 0.15) is 6.92 Å². The van der Waals surface area contributed by atoms with Crippen molar-refractivity contribution in [2.24, 2.45) is 0 Å². The zero-order valence-corrected chi connectivity index (χ0v) is 10.9. The van der Waals surface area contributed by atoms with E-state index < -0.39 is 0 Å². The SMILES string of the molecule is CCN1CCOC(CSc2ccc(N)cn2)C1. The third-order valence-corrected chi connectivity index (χ3v) is 3.92. The normalized spacial score (nSPS) is 21.6. The van der Waals surface area contributed by atoms with Crippen LogP contribution in [0.25, 0.3) is 0 Å². The monoisotopic (exact) mass is 253 g/mol. The van der Waals surface area contributed by atoms with Gasteiger partial charge in [-0.3, -0.25) is 4.90 Å². The highest BCUT2D eigenvalue weighted by atomic mass is 32.2. The largest absolute Gasteiger partial charge is 0.397 e. The highest BCUT2D eigenvalue weighted by molar-refractivity contribution is 7.99. The first-order chi connectivity index (χ1) is 8.28. The van der Waals surface area contributed by atoms with Crippen LogP contribution in [-0.2, 0) is 4.74 Å². The van der Waals surface area contributed by atoms with Gasteiger partial charge in [-0.15, -0.1) is 11.8 Å². The van der Waals surface area contributed by atoms with Gasteiger partial charge in [-0.2, -0.15) is 0 Å². The van der Waals surface area contributed by atoms with E-state index in [-0.39, 0.29) is 0 Å². The van der Waals surface area contributed by atoms with Gasteiger partial charge in [0.25, 0.3) is 0 Å².